The zero-order valence-electron chi connectivity index (χ0n) is 14.5. The van der Waals surface area contributed by atoms with E-state index in [2.05, 4.69) is 29.0 Å². The molecule has 0 aliphatic carbocycles. The number of hydrogen-bond donors (Lipinski definition) is 1. The number of aliphatic hydroxyl groups excluding tert-OH is 1. The van der Waals surface area contributed by atoms with Crippen LogP contribution < -0.4 is 9.54 Å². The second-order valence-electron chi connectivity index (χ2n) is 5.64. The molecule has 1 N–H and O–H groups in total. The van der Waals surface area contributed by atoms with Gasteiger partial charge in [0.05, 0.1) is 25.1 Å². The molecule has 3 rings (SSSR count). The summed E-state index contributed by atoms with van der Waals surface area (Å²) in [7, 11) is 1.66. The predicted molar refractivity (Wildman–Crippen MR) is 102 cm³/mol. The molecule has 25 heavy (non-hydrogen) atoms. The van der Waals surface area contributed by atoms with Crippen LogP contribution in [-0.2, 0) is 13.0 Å². The number of aliphatic hydroxyl groups is 1. The van der Waals surface area contributed by atoms with Gasteiger partial charge in [-0.3, -0.25) is 0 Å². The molecule has 0 aliphatic heterocycles. The van der Waals surface area contributed by atoms with Gasteiger partial charge in [0.25, 0.3) is 0 Å². The Hall–Kier alpha value is -2.37. The molecule has 0 saturated heterocycles. The van der Waals surface area contributed by atoms with Crippen molar-refractivity contribution in [3.05, 3.63) is 64.3 Å². The molecular formula is C20H22N2O2S. The molecule has 1 aromatic heterocycles. The fraction of sp³-hybridized carbons (Fsp3) is 0.250. The summed E-state index contributed by atoms with van der Waals surface area (Å²) in [6.45, 7) is 2.72. The van der Waals surface area contributed by atoms with E-state index in [1.165, 1.54) is 5.56 Å². The van der Waals surface area contributed by atoms with Crippen LogP contribution in [0.4, 0.5) is 5.69 Å². The van der Waals surface area contributed by atoms with Gasteiger partial charge in [-0.1, -0.05) is 19.1 Å². The molecular weight excluding hydrogens is 332 g/mol. The first-order valence-corrected chi connectivity index (χ1v) is 9.20. The molecule has 0 atom stereocenters. The Morgan fingerprint density at radius 3 is 2.40 bits per heavy atom. The molecule has 0 spiro atoms. The molecule has 5 heteroatoms. The Bertz CT molecular complexity index is 877. The topological polar surface area (TPSA) is 46.8 Å². The van der Waals surface area contributed by atoms with E-state index in [4.69, 9.17) is 9.73 Å². The number of rotatable bonds is 6. The van der Waals surface area contributed by atoms with E-state index in [-0.39, 0.29) is 6.61 Å². The van der Waals surface area contributed by atoms with Gasteiger partial charge in [0.1, 0.15) is 5.75 Å². The Kier molecular flexibility index (Phi) is 5.68. The molecule has 0 fully saturated rings. The van der Waals surface area contributed by atoms with E-state index in [1.807, 2.05) is 36.4 Å². The smallest absolute Gasteiger partial charge is 0.190 e. The molecule has 0 radical (unpaired) electrons. The first kappa shape index (κ1) is 17.5. The van der Waals surface area contributed by atoms with Crippen LogP contribution in [0.25, 0.3) is 11.3 Å². The highest BCUT2D eigenvalue weighted by Crippen LogP contribution is 2.23. The molecule has 2 aromatic carbocycles. The second-order valence-corrected chi connectivity index (χ2v) is 6.48. The van der Waals surface area contributed by atoms with Gasteiger partial charge in [0.15, 0.2) is 4.80 Å². The lowest BCUT2D eigenvalue weighted by molar-refractivity contribution is 0.275. The molecule has 0 saturated carbocycles. The van der Waals surface area contributed by atoms with Crippen LogP contribution in [0.2, 0.25) is 0 Å². The van der Waals surface area contributed by atoms with Crippen molar-refractivity contribution in [2.24, 2.45) is 4.99 Å². The van der Waals surface area contributed by atoms with Crippen molar-refractivity contribution in [3.8, 4) is 17.0 Å². The van der Waals surface area contributed by atoms with Gasteiger partial charge in [-0.15, -0.1) is 11.3 Å². The van der Waals surface area contributed by atoms with Crippen molar-refractivity contribution in [2.75, 3.05) is 13.7 Å². The summed E-state index contributed by atoms with van der Waals surface area (Å²) in [6, 6.07) is 16.2. The minimum absolute atomic E-state index is 0.0713. The van der Waals surface area contributed by atoms with Crippen LogP contribution in [0, 0.1) is 0 Å². The maximum Gasteiger partial charge on any atom is 0.190 e. The molecule has 4 nitrogen and oxygen atoms in total. The molecule has 0 amide bonds. The average molecular weight is 354 g/mol. The molecule has 0 bridgehead atoms. The van der Waals surface area contributed by atoms with Crippen LogP contribution in [0.1, 0.15) is 12.5 Å². The van der Waals surface area contributed by atoms with Crippen molar-refractivity contribution < 1.29 is 9.84 Å². The van der Waals surface area contributed by atoms with Gasteiger partial charge >= 0.3 is 0 Å². The molecule has 0 unspecified atom stereocenters. The normalized spacial score (nSPS) is 11.7. The van der Waals surface area contributed by atoms with Crippen LogP contribution in [-0.4, -0.2) is 23.4 Å². The summed E-state index contributed by atoms with van der Waals surface area (Å²) in [6.07, 6.45) is 1.02. The van der Waals surface area contributed by atoms with Crippen molar-refractivity contribution in [3.63, 3.8) is 0 Å². The van der Waals surface area contributed by atoms with E-state index in [1.54, 1.807) is 18.4 Å². The summed E-state index contributed by atoms with van der Waals surface area (Å²) in [5.41, 5.74) is 4.35. The summed E-state index contributed by atoms with van der Waals surface area (Å²) in [4.78, 5) is 5.64. The van der Waals surface area contributed by atoms with E-state index >= 15 is 0 Å². The minimum Gasteiger partial charge on any atom is -0.497 e. The van der Waals surface area contributed by atoms with Crippen molar-refractivity contribution >= 4 is 17.0 Å². The number of aryl methyl sites for hydroxylation is 1. The van der Waals surface area contributed by atoms with E-state index in [0.717, 1.165) is 33.9 Å². The Morgan fingerprint density at radius 2 is 1.80 bits per heavy atom. The molecule has 0 aliphatic rings. The number of benzene rings is 2. The maximum atomic E-state index is 9.47. The van der Waals surface area contributed by atoms with Crippen molar-refractivity contribution in [2.45, 2.75) is 19.9 Å². The third-order valence-corrected chi connectivity index (χ3v) is 4.94. The van der Waals surface area contributed by atoms with Crippen molar-refractivity contribution in [1.82, 2.24) is 4.57 Å². The zero-order valence-corrected chi connectivity index (χ0v) is 15.3. The highest BCUT2D eigenvalue weighted by Gasteiger charge is 2.08. The molecule has 130 valence electrons. The third-order valence-electron chi connectivity index (χ3n) is 4.08. The molecule has 1 heterocycles. The second kappa shape index (κ2) is 8.14. The third kappa shape index (κ3) is 4.00. The lowest BCUT2D eigenvalue weighted by atomic mass is 10.1. The fourth-order valence-electron chi connectivity index (χ4n) is 2.64. The summed E-state index contributed by atoms with van der Waals surface area (Å²) in [5.74, 6) is 0.827. The quantitative estimate of drug-likeness (QED) is 0.727. The Morgan fingerprint density at radius 1 is 1.08 bits per heavy atom. The predicted octanol–water partition coefficient (Wildman–Crippen LogP) is 4.01. The number of aromatic nitrogens is 1. The van der Waals surface area contributed by atoms with E-state index < -0.39 is 0 Å². The number of ether oxygens (including phenoxy) is 1. The molecule has 3 aromatic rings. The number of nitrogens with zero attached hydrogens (tertiary/aromatic N) is 2. The monoisotopic (exact) mass is 354 g/mol. The fourth-order valence-corrected chi connectivity index (χ4v) is 3.60. The Labute approximate surface area is 151 Å². The van der Waals surface area contributed by atoms with E-state index in [9.17, 15) is 5.11 Å². The highest BCUT2D eigenvalue weighted by atomic mass is 32.1. The van der Waals surface area contributed by atoms with Crippen LogP contribution in [0.3, 0.4) is 0 Å². The highest BCUT2D eigenvalue weighted by molar-refractivity contribution is 7.07. The first-order chi connectivity index (χ1) is 12.2. The van der Waals surface area contributed by atoms with Gasteiger partial charge in [0, 0.05) is 11.9 Å². The van der Waals surface area contributed by atoms with Gasteiger partial charge in [-0.05, 0) is 53.9 Å². The average Bonchev–Trinajstić information content (AvgIpc) is 3.05. The number of hydrogen-bond acceptors (Lipinski definition) is 4. The van der Waals surface area contributed by atoms with Gasteiger partial charge in [-0.25, -0.2) is 4.99 Å². The van der Waals surface area contributed by atoms with Crippen LogP contribution in [0.15, 0.2) is 58.9 Å². The van der Waals surface area contributed by atoms with Crippen LogP contribution in [0.5, 0.6) is 5.75 Å². The first-order valence-electron chi connectivity index (χ1n) is 8.32. The largest absolute Gasteiger partial charge is 0.497 e. The lowest BCUT2D eigenvalue weighted by Crippen LogP contribution is -2.17. The van der Waals surface area contributed by atoms with Gasteiger partial charge in [0.2, 0.25) is 0 Å². The van der Waals surface area contributed by atoms with Crippen LogP contribution >= 0.6 is 11.3 Å². The number of thiazole rings is 1. The maximum absolute atomic E-state index is 9.47. The van der Waals surface area contributed by atoms with Crippen molar-refractivity contribution in [1.29, 1.82) is 0 Å². The minimum atomic E-state index is 0.0713. The standard InChI is InChI=1S/C20H22N2O2S/c1-3-15-4-8-17(9-5-15)21-20-22(12-13-23)19(14-25-20)16-6-10-18(24-2)11-7-16/h4-11,14,23H,3,12-13H2,1-2H3. The van der Waals surface area contributed by atoms with Gasteiger partial charge in [-0.2, -0.15) is 0 Å². The van der Waals surface area contributed by atoms with Gasteiger partial charge < -0.3 is 14.4 Å². The Balaban J connectivity index is 2.02. The summed E-state index contributed by atoms with van der Waals surface area (Å²) >= 11 is 1.58. The zero-order chi connectivity index (χ0) is 17.6. The van der Waals surface area contributed by atoms with E-state index in [0.29, 0.717) is 6.54 Å². The summed E-state index contributed by atoms with van der Waals surface area (Å²) in [5, 5.41) is 11.6. The SMILES string of the molecule is CCc1ccc(N=c2scc(-c3ccc(OC)cc3)n2CCO)cc1. The lowest BCUT2D eigenvalue weighted by Gasteiger charge is -2.08. The number of methoxy groups -OCH3 is 1. The summed E-state index contributed by atoms with van der Waals surface area (Å²) < 4.78 is 7.28.